The van der Waals surface area contributed by atoms with Crippen LogP contribution in [0.4, 0.5) is 4.79 Å². The third kappa shape index (κ3) is 3.25. The van der Waals surface area contributed by atoms with Gasteiger partial charge in [-0.3, -0.25) is 0 Å². The second-order valence-electron chi connectivity index (χ2n) is 6.45. The lowest BCUT2D eigenvalue weighted by Crippen LogP contribution is -2.46. The summed E-state index contributed by atoms with van der Waals surface area (Å²) in [5.74, 6) is 1.15. The van der Waals surface area contributed by atoms with Crippen LogP contribution in [0.3, 0.4) is 0 Å². The summed E-state index contributed by atoms with van der Waals surface area (Å²) >= 11 is 0. The molecular formula is C17H24N6O. The first-order valence-corrected chi connectivity index (χ1v) is 8.40. The minimum Gasteiger partial charge on any atom is -0.338 e. The second-order valence-corrected chi connectivity index (χ2v) is 6.45. The summed E-state index contributed by atoms with van der Waals surface area (Å²) in [5, 5.41) is 14.3. The fourth-order valence-corrected chi connectivity index (χ4v) is 3.61. The Balaban J connectivity index is 1.59. The highest BCUT2D eigenvalue weighted by molar-refractivity contribution is 5.75. The molecule has 1 aromatic heterocycles. The molecule has 0 radical (unpaired) electrons. The minimum absolute atomic E-state index is 0.0106. The number of hydrogen-bond acceptors (Lipinski definition) is 4. The lowest BCUT2D eigenvalue weighted by Gasteiger charge is -2.28. The number of tetrazole rings is 1. The number of nitrogens with zero attached hydrogens (tertiary/aromatic N) is 5. The molecule has 1 saturated heterocycles. The third-order valence-electron chi connectivity index (χ3n) is 4.89. The average molecular weight is 328 g/mol. The van der Waals surface area contributed by atoms with E-state index in [1.807, 2.05) is 11.0 Å². The summed E-state index contributed by atoms with van der Waals surface area (Å²) in [5.41, 5.74) is 1.30. The van der Waals surface area contributed by atoms with Gasteiger partial charge in [-0.2, -0.15) is 0 Å². The quantitative estimate of drug-likeness (QED) is 0.927. The smallest absolute Gasteiger partial charge is 0.317 e. The first-order valence-electron chi connectivity index (χ1n) is 8.40. The van der Waals surface area contributed by atoms with Crippen molar-refractivity contribution in [3.8, 4) is 0 Å². The number of amides is 2. The zero-order valence-electron chi connectivity index (χ0n) is 14.4. The molecular weight excluding hydrogens is 304 g/mol. The third-order valence-corrected chi connectivity index (χ3v) is 4.89. The molecule has 1 fully saturated rings. The fraction of sp³-hybridized carbons (Fsp3) is 0.529. The Hall–Kier alpha value is -2.44. The van der Waals surface area contributed by atoms with E-state index >= 15 is 0 Å². The lowest BCUT2D eigenvalue weighted by molar-refractivity contribution is 0.179. The summed E-state index contributed by atoms with van der Waals surface area (Å²) in [7, 11) is 1.80. The molecule has 128 valence electrons. The van der Waals surface area contributed by atoms with E-state index in [-0.39, 0.29) is 18.1 Å². The van der Waals surface area contributed by atoms with Crippen LogP contribution in [-0.4, -0.2) is 49.8 Å². The number of benzene rings is 1. The molecule has 1 aliphatic rings. The molecule has 1 N–H and O–H groups in total. The highest BCUT2D eigenvalue weighted by atomic mass is 16.2. The molecule has 2 amide bonds. The molecule has 7 nitrogen and oxygen atoms in total. The molecule has 1 aromatic carbocycles. The van der Waals surface area contributed by atoms with Gasteiger partial charge in [0.1, 0.15) is 0 Å². The molecule has 3 atom stereocenters. The van der Waals surface area contributed by atoms with Crippen LogP contribution in [0.2, 0.25) is 0 Å². The molecule has 1 aliphatic heterocycles. The maximum Gasteiger partial charge on any atom is 0.317 e. The van der Waals surface area contributed by atoms with Crippen molar-refractivity contribution in [1.29, 1.82) is 0 Å². The van der Waals surface area contributed by atoms with Crippen molar-refractivity contribution >= 4 is 6.03 Å². The van der Waals surface area contributed by atoms with Gasteiger partial charge in [-0.25, -0.2) is 9.48 Å². The van der Waals surface area contributed by atoms with Crippen LogP contribution in [0.15, 0.2) is 30.3 Å². The molecule has 0 spiro atoms. The molecule has 0 saturated carbocycles. The number of carbonyl (C=O) groups is 1. The van der Waals surface area contributed by atoms with Crippen molar-refractivity contribution < 1.29 is 4.79 Å². The zero-order valence-corrected chi connectivity index (χ0v) is 14.4. The fourth-order valence-electron chi connectivity index (χ4n) is 3.61. The monoisotopic (exact) mass is 328 g/mol. The molecule has 24 heavy (non-hydrogen) atoms. The van der Waals surface area contributed by atoms with Gasteiger partial charge in [-0.15, -0.1) is 5.10 Å². The van der Waals surface area contributed by atoms with E-state index < -0.39 is 0 Å². The van der Waals surface area contributed by atoms with Crippen molar-refractivity contribution in [2.45, 2.75) is 44.7 Å². The Bertz CT molecular complexity index is 685. The summed E-state index contributed by atoms with van der Waals surface area (Å²) in [6.07, 6.45) is 1.61. The van der Waals surface area contributed by atoms with Gasteiger partial charge in [-0.05, 0) is 36.3 Å². The number of hydrogen-bond donors (Lipinski definition) is 1. The van der Waals surface area contributed by atoms with Crippen LogP contribution in [0.1, 0.15) is 37.6 Å². The summed E-state index contributed by atoms with van der Waals surface area (Å²) in [4.78, 5) is 14.6. The molecule has 0 bridgehead atoms. The minimum atomic E-state index is -0.0106. The van der Waals surface area contributed by atoms with Crippen molar-refractivity contribution in [2.24, 2.45) is 7.05 Å². The van der Waals surface area contributed by atoms with E-state index in [1.165, 1.54) is 5.56 Å². The number of rotatable bonds is 4. The number of aryl methyl sites for hydroxylation is 1. The topological polar surface area (TPSA) is 75.9 Å². The van der Waals surface area contributed by atoms with Gasteiger partial charge in [0.15, 0.2) is 5.82 Å². The number of nitrogens with one attached hydrogen (secondary N) is 1. The standard InChI is InChI=1S/C17H24N6O/c1-12-11-15(14-7-5-4-6-8-14)13(2)23(12)17(24)18-10-9-16-19-20-21-22(16)3/h4-8,12-13,15H,9-11H2,1-3H3,(H,18,24). The van der Waals surface area contributed by atoms with Gasteiger partial charge < -0.3 is 10.2 Å². The maximum atomic E-state index is 12.6. The van der Waals surface area contributed by atoms with Crippen molar-refractivity contribution in [3.63, 3.8) is 0 Å². The number of urea groups is 1. The largest absolute Gasteiger partial charge is 0.338 e. The van der Waals surface area contributed by atoms with E-state index in [4.69, 9.17) is 0 Å². The Morgan fingerprint density at radius 1 is 1.29 bits per heavy atom. The van der Waals surface area contributed by atoms with E-state index in [1.54, 1.807) is 11.7 Å². The van der Waals surface area contributed by atoms with Crippen LogP contribution in [0.5, 0.6) is 0 Å². The first kappa shape index (κ1) is 16.4. The van der Waals surface area contributed by atoms with Gasteiger partial charge >= 0.3 is 6.03 Å². The van der Waals surface area contributed by atoms with Crippen LogP contribution < -0.4 is 5.32 Å². The molecule has 2 heterocycles. The maximum absolute atomic E-state index is 12.6. The Labute approximate surface area is 142 Å². The summed E-state index contributed by atoms with van der Waals surface area (Å²) in [6, 6.07) is 10.8. The van der Waals surface area contributed by atoms with Crippen LogP contribution in [0, 0.1) is 0 Å². The highest BCUT2D eigenvalue weighted by Gasteiger charge is 2.39. The van der Waals surface area contributed by atoms with Gasteiger partial charge in [-0.1, -0.05) is 30.3 Å². The Morgan fingerprint density at radius 3 is 2.71 bits per heavy atom. The molecule has 7 heteroatoms. The summed E-state index contributed by atoms with van der Waals surface area (Å²) < 4.78 is 1.62. The Kier molecular flexibility index (Phi) is 4.78. The predicted octanol–water partition coefficient (Wildman–Crippen LogP) is 1.73. The average Bonchev–Trinajstić information content (AvgIpc) is 3.11. The van der Waals surface area contributed by atoms with Crippen LogP contribution in [0.25, 0.3) is 0 Å². The number of carbonyl (C=O) groups excluding carboxylic acids is 1. The zero-order chi connectivity index (χ0) is 17.1. The van der Waals surface area contributed by atoms with Crippen molar-refractivity contribution in [1.82, 2.24) is 30.4 Å². The predicted molar refractivity (Wildman–Crippen MR) is 90.5 cm³/mol. The van der Waals surface area contributed by atoms with Gasteiger partial charge in [0, 0.05) is 38.0 Å². The number of likely N-dealkylation sites (tertiary alicyclic amines) is 1. The summed E-state index contributed by atoms with van der Waals surface area (Å²) in [6.45, 7) is 4.78. The Morgan fingerprint density at radius 2 is 2.04 bits per heavy atom. The van der Waals surface area contributed by atoms with Crippen LogP contribution >= 0.6 is 0 Å². The first-order chi connectivity index (χ1) is 11.6. The van der Waals surface area contributed by atoms with Gasteiger partial charge in [0.2, 0.25) is 0 Å². The van der Waals surface area contributed by atoms with Crippen molar-refractivity contribution in [2.75, 3.05) is 6.54 Å². The second kappa shape index (κ2) is 6.98. The van der Waals surface area contributed by atoms with Crippen LogP contribution in [-0.2, 0) is 13.5 Å². The van der Waals surface area contributed by atoms with E-state index in [2.05, 4.69) is 59.0 Å². The van der Waals surface area contributed by atoms with Gasteiger partial charge in [0.25, 0.3) is 0 Å². The highest BCUT2D eigenvalue weighted by Crippen LogP contribution is 2.37. The lowest BCUT2D eigenvalue weighted by atomic mass is 9.92. The van der Waals surface area contributed by atoms with Gasteiger partial charge in [0.05, 0.1) is 0 Å². The molecule has 3 rings (SSSR count). The normalized spacial score (nSPS) is 23.5. The molecule has 0 aliphatic carbocycles. The van der Waals surface area contributed by atoms with E-state index in [0.29, 0.717) is 18.9 Å². The molecule has 2 aromatic rings. The van der Waals surface area contributed by atoms with E-state index in [0.717, 1.165) is 12.2 Å². The SMILES string of the molecule is CC1CC(c2ccccc2)C(C)N1C(=O)NCCc1nnnn1C. The van der Waals surface area contributed by atoms with E-state index in [9.17, 15) is 4.79 Å². The van der Waals surface area contributed by atoms with Crippen molar-refractivity contribution in [3.05, 3.63) is 41.7 Å². The molecule has 3 unspecified atom stereocenters. The number of aromatic nitrogens is 4.